The molecular weight excluding hydrogens is 224 g/mol. The monoisotopic (exact) mass is 240 g/mol. The minimum atomic E-state index is -0.0151. The predicted octanol–water partition coefficient (Wildman–Crippen LogP) is 2.24. The van der Waals surface area contributed by atoms with Crippen LogP contribution < -0.4 is 0 Å². The molecule has 3 rings (SSSR count). The summed E-state index contributed by atoms with van der Waals surface area (Å²) in [5.74, 6) is 1.25. The first kappa shape index (κ1) is 11.4. The van der Waals surface area contributed by atoms with Crippen molar-refractivity contribution in [1.29, 1.82) is 0 Å². The van der Waals surface area contributed by atoms with E-state index in [1.54, 1.807) is 12.3 Å². The van der Waals surface area contributed by atoms with E-state index in [1.807, 2.05) is 0 Å². The topological polar surface area (TPSA) is 46.0 Å². The maximum absolute atomic E-state index is 9.13. The van der Waals surface area contributed by atoms with E-state index in [0.717, 1.165) is 25.1 Å². The van der Waals surface area contributed by atoms with Crippen LogP contribution in [0.25, 0.3) is 0 Å². The molecule has 3 heteroatoms. The quantitative estimate of drug-likeness (QED) is 0.875. The molecule has 92 valence electrons. The van der Waals surface area contributed by atoms with Gasteiger partial charge in [-0.1, -0.05) is 24.3 Å². The van der Waals surface area contributed by atoms with Gasteiger partial charge in [-0.15, -0.1) is 0 Å². The van der Waals surface area contributed by atoms with Gasteiger partial charge in [-0.2, -0.15) is 0 Å². The lowest BCUT2D eigenvalue weighted by Gasteiger charge is -2.23. The molecule has 0 bridgehead atoms. The Morgan fingerprint density at radius 3 is 2.83 bits per heavy atom. The molecule has 1 heterocycles. The van der Waals surface area contributed by atoms with Crippen LogP contribution in [-0.4, -0.2) is 15.1 Å². The fourth-order valence-electron chi connectivity index (χ4n) is 2.62. The van der Waals surface area contributed by atoms with Crippen molar-refractivity contribution in [3.63, 3.8) is 0 Å². The first-order chi connectivity index (χ1) is 8.86. The lowest BCUT2D eigenvalue weighted by Crippen LogP contribution is -2.15. The standard InChI is InChI=1S/C15H16N2O/c18-10-14-7-8-16-15(17-14)13-6-5-11-3-1-2-4-12(11)9-13/h1-4,7-8,13,18H,5-6,9-10H2. The Labute approximate surface area is 107 Å². The van der Waals surface area contributed by atoms with E-state index in [1.165, 1.54) is 11.1 Å². The molecule has 3 nitrogen and oxygen atoms in total. The zero-order chi connectivity index (χ0) is 12.4. The van der Waals surface area contributed by atoms with E-state index in [0.29, 0.717) is 11.6 Å². The summed E-state index contributed by atoms with van der Waals surface area (Å²) in [5.41, 5.74) is 3.57. The molecule has 0 saturated heterocycles. The van der Waals surface area contributed by atoms with E-state index >= 15 is 0 Å². The lowest BCUT2D eigenvalue weighted by atomic mass is 9.83. The van der Waals surface area contributed by atoms with Crippen LogP contribution in [0.4, 0.5) is 0 Å². The molecule has 1 unspecified atom stereocenters. The molecule has 1 aliphatic carbocycles. The maximum atomic E-state index is 9.13. The number of nitrogens with zero attached hydrogens (tertiary/aromatic N) is 2. The average Bonchev–Trinajstić information content (AvgIpc) is 2.47. The van der Waals surface area contributed by atoms with Crippen molar-refractivity contribution in [2.75, 3.05) is 0 Å². The van der Waals surface area contributed by atoms with Crippen LogP contribution in [0, 0.1) is 0 Å². The predicted molar refractivity (Wildman–Crippen MR) is 69.2 cm³/mol. The van der Waals surface area contributed by atoms with Crippen molar-refractivity contribution >= 4 is 0 Å². The van der Waals surface area contributed by atoms with Crippen molar-refractivity contribution in [3.05, 3.63) is 59.2 Å². The highest BCUT2D eigenvalue weighted by Crippen LogP contribution is 2.30. The number of aliphatic hydroxyl groups is 1. The number of aryl methyl sites for hydroxylation is 1. The maximum Gasteiger partial charge on any atom is 0.132 e. The third-order valence-electron chi connectivity index (χ3n) is 3.61. The van der Waals surface area contributed by atoms with Crippen molar-refractivity contribution in [2.45, 2.75) is 31.8 Å². The van der Waals surface area contributed by atoms with Crippen LogP contribution >= 0.6 is 0 Å². The fraction of sp³-hybridized carbons (Fsp3) is 0.333. The molecule has 0 radical (unpaired) electrons. The highest BCUT2D eigenvalue weighted by Gasteiger charge is 2.21. The number of hydrogen-bond acceptors (Lipinski definition) is 3. The molecule has 1 aromatic heterocycles. The summed E-state index contributed by atoms with van der Waals surface area (Å²) in [6.07, 6.45) is 4.93. The zero-order valence-corrected chi connectivity index (χ0v) is 10.2. The van der Waals surface area contributed by atoms with Crippen LogP contribution in [0.5, 0.6) is 0 Å². The van der Waals surface area contributed by atoms with Gasteiger partial charge >= 0.3 is 0 Å². The van der Waals surface area contributed by atoms with Crippen LogP contribution in [0.2, 0.25) is 0 Å². The summed E-state index contributed by atoms with van der Waals surface area (Å²) < 4.78 is 0. The molecule has 0 spiro atoms. The third kappa shape index (κ3) is 2.14. The highest BCUT2D eigenvalue weighted by atomic mass is 16.3. The Morgan fingerprint density at radius 2 is 2.00 bits per heavy atom. The van der Waals surface area contributed by atoms with Crippen molar-refractivity contribution in [1.82, 2.24) is 9.97 Å². The van der Waals surface area contributed by atoms with Gasteiger partial charge in [0.05, 0.1) is 12.3 Å². The average molecular weight is 240 g/mol. The van der Waals surface area contributed by atoms with E-state index in [4.69, 9.17) is 5.11 Å². The molecule has 0 fully saturated rings. The van der Waals surface area contributed by atoms with Gasteiger partial charge in [-0.3, -0.25) is 0 Å². The fourth-order valence-corrected chi connectivity index (χ4v) is 2.62. The zero-order valence-electron chi connectivity index (χ0n) is 10.2. The Bertz CT molecular complexity index is 554. The molecule has 18 heavy (non-hydrogen) atoms. The van der Waals surface area contributed by atoms with E-state index in [9.17, 15) is 0 Å². The number of aromatic nitrogens is 2. The van der Waals surface area contributed by atoms with Crippen molar-refractivity contribution in [3.8, 4) is 0 Å². The van der Waals surface area contributed by atoms with Gasteiger partial charge in [0.1, 0.15) is 5.82 Å². The van der Waals surface area contributed by atoms with E-state index in [2.05, 4.69) is 34.2 Å². The van der Waals surface area contributed by atoms with Gasteiger partial charge in [0.2, 0.25) is 0 Å². The second-order valence-electron chi connectivity index (χ2n) is 4.77. The molecule has 1 aromatic carbocycles. The molecule has 1 atom stereocenters. The molecule has 2 aromatic rings. The Kier molecular flexibility index (Phi) is 3.07. The first-order valence-electron chi connectivity index (χ1n) is 6.36. The smallest absolute Gasteiger partial charge is 0.132 e. The molecule has 1 aliphatic rings. The number of rotatable bonds is 2. The van der Waals surface area contributed by atoms with Crippen LogP contribution in [-0.2, 0) is 19.4 Å². The Morgan fingerprint density at radius 1 is 1.17 bits per heavy atom. The van der Waals surface area contributed by atoms with Crippen molar-refractivity contribution < 1.29 is 5.11 Å². The summed E-state index contributed by atoms with van der Waals surface area (Å²) in [6, 6.07) is 10.3. The molecule has 0 saturated carbocycles. The van der Waals surface area contributed by atoms with Gasteiger partial charge in [-0.25, -0.2) is 9.97 Å². The minimum absolute atomic E-state index is 0.0151. The van der Waals surface area contributed by atoms with Gasteiger partial charge in [0, 0.05) is 12.1 Å². The van der Waals surface area contributed by atoms with Gasteiger partial charge in [-0.05, 0) is 36.5 Å². The van der Waals surface area contributed by atoms with E-state index in [-0.39, 0.29) is 6.61 Å². The molecule has 1 N–H and O–H groups in total. The number of hydrogen-bond donors (Lipinski definition) is 1. The second kappa shape index (κ2) is 4.86. The molecule has 0 amide bonds. The summed E-state index contributed by atoms with van der Waals surface area (Å²) >= 11 is 0. The second-order valence-corrected chi connectivity index (χ2v) is 4.77. The number of aliphatic hydroxyl groups excluding tert-OH is 1. The third-order valence-corrected chi connectivity index (χ3v) is 3.61. The van der Waals surface area contributed by atoms with Gasteiger partial charge in [0.15, 0.2) is 0 Å². The number of benzene rings is 1. The number of fused-ring (bicyclic) bond motifs is 1. The largest absolute Gasteiger partial charge is 0.390 e. The molecular formula is C15H16N2O. The van der Waals surface area contributed by atoms with Crippen LogP contribution in [0.1, 0.15) is 35.0 Å². The molecule has 0 aliphatic heterocycles. The Hall–Kier alpha value is -1.74. The van der Waals surface area contributed by atoms with Gasteiger partial charge < -0.3 is 5.11 Å². The normalized spacial score (nSPS) is 18.4. The SMILES string of the molecule is OCc1ccnc(C2CCc3ccccc3C2)n1. The van der Waals surface area contributed by atoms with Gasteiger partial charge in [0.25, 0.3) is 0 Å². The van der Waals surface area contributed by atoms with Crippen LogP contribution in [0.15, 0.2) is 36.5 Å². The lowest BCUT2D eigenvalue weighted by molar-refractivity contribution is 0.275. The van der Waals surface area contributed by atoms with Crippen LogP contribution in [0.3, 0.4) is 0 Å². The Balaban J connectivity index is 1.87. The summed E-state index contributed by atoms with van der Waals surface area (Å²) in [5, 5.41) is 9.13. The highest BCUT2D eigenvalue weighted by molar-refractivity contribution is 5.31. The summed E-state index contributed by atoms with van der Waals surface area (Å²) in [6.45, 7) is -0.0151. The summed E-state index contributed by atoms with van der Waals surface area (Å²) in [7, 11) is 0. The minimum Gasteiger partial charge on any atom is -0.390 e. The van der Waals surface area contributed by atoms with E-state index < -0.39 is 0 Å². The summed E-state index contributed by atoms with van der Waals surface area (Å²) in [4.78, 5) is 8.79. The first-order valence-corrected chi connectivity index (χ1v) is 6.36. The van der Waals surface area contributed by atoms with Crippen molar-refractivity contribution in [2.24, 2.45) is 0 Å².